The molecular formula is C16H24N2O2. The maximum atomic E-state index is 5.44. The molecule has 2 aliphatic rings. The number of nitrogens with zero attached hydrogens (tertiary/aromatic N) is 1. The van der Waals surface area contributed by atoms with Crippen molar-refractivity contribution in [3.05, 3.63) is 23.8 Å². The molecule has 2 heterocycles. The van der Waals surface area contributed by atoms with Crippen LogP contribution >= 0.6 is 0 Å². The summed E-state index contributed by atoms with van der Waals surface area (Å²) in [6, 6.07) is 6.95. The van der Waals surface area contributed by atoms with Gasteiger partial charge in [-0.2, -0.15) is 0 Å². The molecule has 1 saturated heterocycles. The summed E-state index contributed by atoms with van der Waals surface area (Å²) < 4.78 is 10.8. The third-order valence-electron chi connectivity index (χ3n) is 4.29. The van der Waals surface area contributed by atoms with Gasteiger partial charge in [-0.25, -0.2) is 0 Å². The van der Waals surface area contributed by atoms with E-state index in [1.165, 1.54) is 31.5 Å². The molecule has 0 saturated carbocycles. The molecule has 1 aromatic rings. The Morgan fingerprint density at radius 2 is 2.10 bits per heavy atom. The van der Waals surface area contributed by atoms with Gasteiger partial charge in [-0.15, -0.1) is 0 Å². The predicted octanol–water partition coefficient (Wildman–Crippen LogP) is 2.03. The average molecular weight is 276 g/mol. The van der Waals surface area contributed by atoms with Gasteiger partial charge in [0.25, 0.3) is 0 Å². The van der Waals surface area contributed by atoms with E-state index in [0.29, 0.717) is 12.8 Å². The summed E-state index contributed by atoms with van der Waals surface area (Å²) in [6.45, 7) is 7.37. The lowest BCUT2D eigenvalue weighted by molar-refractivity contribution is 0.174. The SMILES string of the molecule is CC(CCc1ccc2c(c1)OCO2)N1CCCNCC1. The van der Waals surface area contributed by atoms with Crippen LogP contribution in [-0.4, -0.2) is 43.9 Å². The molecule has 1 N–H and O–H groups in total. The number of nitrogens with one attached hydrogen (secondary N) is 1. The molecule has 0 aliphatic carbocycles. The van der Waals surface area contributed by atoms with E-state index in [1.54, 1.807) is 0 Å². The van der Waals surface area contributed by atoms with Crippen molar-refractivity contribution in [2.24, 2.45) is 0 Å². The smallest absolute Gasteiger partial charge is 0.231 e. The molecule has 0 radical (unpaired) electrons. The first-order chi connectivity index (χ1) is 9.83. The van der Waals surface area contributed by atoms with Crippen LogP contribution in [0.15, 0.2) is 18.2 Å². The first-order valence-corrected chi connectivity index (χ1v) is 7.66. The Labute approximate surface area is 121 Å². The zero-order chi connectivity index (χ0) is 13.8. The topological polar surface area (TPSA) is 33.7 Å². The predicted molar refractivity (Wildman–Crippen MR) is 79.4 cm³/mol. The van der Waals surface area contributed by atoms with Crippen LogP contribution in [0, 0.1) is 0 Å². The minimum absolute atomic E-state index is 0.357. The van der Waals surface area contributed by atoms with Crippen LogP contribution in [0.4, 0.5) is 0 Å². The average Bonchev–Trinajstić information content (AvgIpc) is 2.76. The Bertz CT molecular complexity index is 442. The Morgan fingerprint density at radius 1 is 1.20 bits per heavy atom. The quantitative estimate of drug-likeness (QED) is 0.912. The van der Waals surface area contributed by atoms with Gasteiger partial charge in [-0.1, -0.05) is 6.07 Å². The summed E-state index contributed by atoms with van der Waals surface area (Å²) in [6.07, 6.45) is 3.55. The molecule has 20 heavy (non-hydrogen) atoms. The van der Waals surface area contributed by atoms with Crippen molar-refractivity contribution in [3.63, 3.8) is 0 Å². The normalized spacial score (nSPS) is 20.6. The van der Waals surface area contributed by atoms with E-state index in [1.807, 2.05) is 6.07 Å². The van der Waals surface area contributed by atoms with E-state index in [-0.39, 0.29) is 0 Å². The lowest BCUT2D eigenvalue weighted by Crippen LogP contribution is -2.36. The third kappa shape index (κ3) is 3.25. The molecule has 3 rings (SSSR count). The molecule has 1 aromatic carbocycles. The molecule has 0 aromatic heterocycles. The van der Waals surface area contributed by atoms with E-state index < -0.39 is 0 Å². The van der Waals surface area contributed by atoms with Crippen molar-refractivity contribution < 1.29 is 9.47 Å². The molecular weight excluding hydrogens is 252 g/mol. The fraction of sp³-hybridized carbons (Fsp3) is 0.625. The maximum absolute atomic E-state index is 5.44. The Balaban J connectivity index is 1.53. The van der Waals surface area contributed by atoms with Crippen molar-refractivity contribution in [3.8, 4) is 11.5 Å². The van der Waals surface area contributed by atoms with Gasteiger partial charge in [-0.3, -0.25) is 4.90 Å². The maximum Gasteiger partial charge on any atom is 0.231 e. The monoisotopic (exact) mass is 276 g/mol. The van der Waals surface area contributed by atoms with Crippen LogP contribution in [0.5, 0.6) is 11.5 Å². The minimum Gasteiger partial charge on any atom is -0.454 e. The second-order valence-corrected chi connectivity index (χ2v) is 5.71. The zero-order valence-corrected chi connectivity index (χ0v) is 12.2. The van der Waals surface area contributed by atoms with E-state index in [4.69, 9.17) is 9.47 Å². The van der Waals surface area contributed by atoms with Gasteiger partial charge in [0.15, 0.2) is 11.5 Å². The van der Waals surface area contributed by atoms with Gasteiger partial charge in [0.1, 0.15) is 0 Å². The number of rotatable bonds is 4. The lowest BCUT2D eigenvalue weighted by atomic mass is 10.0. The van der Waals surface area contributed by atoms with Gasteiger partial charge < -0.3 is 14.8 Å². The minimum atomic E-state index is 0.357. The number of aryl methyl sites for hydroxylation is 1. The number of fused-ring (bicyclic) bond motifs is 1. The first-order valence-electron chi connectivity index (χ1n) is 7.66. The fourth-order valence-electron chi connectivity index (χ4n) is 2.96. The van der Waals surface area contributed by atoms with Gasteiger partial charge >= 0.3 is 0 Å². The highest BCUT2D eigenvalue weighted by molar-refractivity contribution is 5.44. The summed E-state index contributed by atoms with van der Waals surface area (Å²) >= 11 is 0. The first kappa shape index (κ1) is 13.7. The molecule has 1 unspecified atom stereocenters. The highest BCUT2D eigenvalue weighted by Gasteiger charge is 2.17. The zero-order valence-electron chi connectivity index (χ0n) is 12.2. The molecule has 0 amide bonds. The summed E-state index contributed by atoms with van der Waals surface area (Å²) in [5, 5.41) is 3.46. The van der Waals surface area contributed by atoms with Crippen molar-refractivity contribution in [2.75, 3.05) is 33.0 Å². The van der Waals surface area contributed by atoms with Gasteiger partial charge in [0.2, 0.25) is 6.79 Å². The molecule has 4 heteroatoms. The van der Waals surface area contributed by atoms with E-state index >= 15 is 0 Å². The molecule has 110 valence electrons. The van der Waals surface area contributed by atoms with Gasteiger partial charge in [-0.05, 0) is 57.0 Å². The van der Waals surface area contributed by atoms with E-state index in [9.17, 15) is 0 Å². The standard InChI is InChI=1S/C16H24N2O2/c1-13(18-9-2-7-17-8-10-18)3-4-14-5-6-15-16(11-14)20-12-19-15/h5-6,11,13,17H,2-4,7-10,12H2,1H3. The summed E-state index contributed by atoms with van der Waals surface area (Å²) in [4.78, 5) is 2.60. The summed E-state index contributed by atoms with van der Waals surface area (Å²) in [7, 11) is 0. The number of hydrogen-bond acceptors (Lipinski definition) is 4. The number of ether oxygens (including phenoxy) is 2. The Hall–Kier alpha value is -1.26. The van der Waals surface area contributed by atoms with Crippen LogP contribution in [0.1, 0.15) is 25.3 Å². The molecule has 0 bridgehead atoms. The van der Waals surface area contributed by atoms with Crippen LogP contribution in [0.2, 0.25) is 0 Å². The van der Waals surface area contributed by atoms with Crippen molar-refractivity contribution >= 4 is 0 Å². The van der Waals surface area contributed by atoms with Crippen LogP contribution in [0.25, 0.3) is 0 Å². The fourth-order valence-corrected chi connectivity index (χ4v) is 2.96. The summed E-state index contributed by atoms with van der Waals surface area (Å²) in [5.74, 6) is 1.77. The van der Waals surface area contributed by atoms with Gasteiger partial charge in [0.05, 0.1) is 0 Å². The van der Waals surface area contributed by atoms with Crippen LogP contribution < -0.4 is 14.8 Å². The number of benzene rings is 1. The van der Waals surface area contributed by atoms with Crippen molar-refractivity contribution in [1.29, 1.82) is 0 Å². The van der Waals surface area contributed by atoms with E-state index in [0.717, 1.165) is 31.0 Å². The van der Waals surface area contributed by atoms with Gasteiger partial charge in [0, 0.05) is 19.1 Å². The van der Waals surface area contributed by atoms with Crippen molar-refractivity contribution in [2.45, 2.75) is 32.2 Å². The van der Waals surface area contributed by atoms with Crippen LogP contribution in [-0.2, 0) is 6.42 Å². The molecule has 1 fully saturated rings. The lowest BCUT2D eigenvalue weighted by Gasteiger charge is -2.27. The Kier molecular flexibility index (Phi) is 4.43. The molecule has 2 aliphatic heterocycles. The Morgan fingerprint density at radius 3 is 3.05 bits per heavy atom. The third-order valence-corrected chi connectivity index (χ3v) is 4.29. The number of hydrogen-bond donors (Lipinski definition) is 1. The second-order valence-electron chi connectivity index (χ2n) is 5.71. The largest absolute Gasteiger partial charge is 0.454 e. The second kappa shape index (κ2) is 6.46. The summed E-state index contributed by atoms with van der Waals surface area (Å²) in [5.41, 5.74) is 1.34. The molecule has 4 nitrogen and oxygen atoms in total. The highest BCUT2D eigenvalue weighted by atomic mass is 16.7. The molecule has 0 spiro atoms. The van der Waals surface area contributed by atoms with E-state index in [2.05, 4.69) is 29.3 Å². The van der Waals surface area contributed by atoms with Crippen LogP contribution in [0.3, 0.4) is 0 Å². The van der Waals surface area contributed by atoms with Crippen molar-refractivity contribution in [1.82, 2.24) is 10.2 Å². The molecule has 1 atom stereocenters. The highest BCUT2D eigenvalue weighted by Crippen LogP contribution is 2.32.